The maximum absolute atomic E-state index is 13.0. The van der Waals surface area contributed by atoms with Gasteiger partial charge in [-0.25, -0.2) is 8.42 Å². The van der Waals surface area contributed by atoms with Crippen LogP contribution in [0.2, 0.25) is 0 Å². The van der Waals surface area contributed by atoms with Crippen LogP contribution in [0.15, 0.2) is 47.6 Å². The average Bonchev–Trinajstić information content (AvgIpc) is 3.26. The van der Waals surface area contributed by atoms with Gasteiger partial charge < -0.3 is 20.1 Å². The van der Waals surface area contributed by atoms with Gasteiger partial charge in [0.15, 0.2) is 0 Å². The van der Waals surface area contributed by atoms with Gasteiger partial charge in [-0.1, -0.05) is 0 Å². The minimum Gasteiger partial charge on any atom is -0.496 e. The van der Waals surface area contributed by atoms with Crippen molar-refractivity contribution in [2.24, 2.45) is 0 Å². The Balaban J connectivity index is 1.59. The molecule has 2 aromatic rings. The Morgan fingerprint density at radius 2 is 1.90 bits per heavy atom. The standard InChI is InChI=1S/C20H24N4O6S/c1-14-11-16(3-4-17(14)29-2)31(27,28)24-9-10-30-18(24)13-23-20(26)19(25)22-12-15-5-7-21-8-6-15/h3-8,11,18H,9-10,12-13H2,1-2H3,(H,22,25)(H,23,26)/t18-/m1/s1. The highest BCUT2D eigenvalue weighted by Crippen LogP contribution is 2.26. The second-order valence-corrected chi connectivity index (χ2v) is 8.71. The van der Waals surface area contributed by atoms with E-state index in [4.69, 9.17) is 9.47 Å². The van der Waals surface area contributed by atoms with E-state index in [-0.39, 0.29) is 31.1 Å². The molecule has 1 atom stereocenters. The molecule has 11 heteroatoms. The number of hydrogen-bond donors (Lipinski definition) is 2. The van der Waals surface area contributed by atoms with Crippen molar-refractivity contribution in [2.45, 2.75) is 24.6 Å². The van der Waals surface area contributed by atoms with Crippen LogP contribution < -0.4 is 15.4 Å². The molecule has 1 aromatic carbocycles. The first-order valence-corrected chi connectivity index (χ1v) is 11.0. The molecule has 0 unspecified atom stereocenters. The topological polar surface area (TPSA) is 127 Å². The zero-order valence-corrected chi connectivity index (χ0v) is 18.0. The van der Waals surface area contributed by atoms with Gasteiger partial charge >= 0.3 is 11.8 Å². The summed E-state index contributed by atoms with van der Waals surface area (Å²) in [6.07, 6.45) is 2.25. The first-order chi connectivity index (χ1) is 14.8. The van der Waals surface area contributed by atoms with Gasteiger partial charge in [-0.05, 0) is 48.4 Å². The Kier molecular flexibility index (Phi) is 7.21. The van der Waals surface area contributed by atoms with Crippen molar-refractivity contribution in [3.05, 3.63) is 53.9 Å². The van der Waals surface area contributed by atoms with E-state index < -0.39 is 28.1 Å². The van der Waals surface area contributed by atoms with Crippen LogP contribution in [0.4, 0.5) is 0 Å². The Morgan fingerprint density at radius 1 is 1.19 bits per heavy atom. The van der Waals surface area contributed by atoms with Crippen LogP contribution in [0.1, 0.15) is 11.1 Å². The van der Waals surface area contributed by atoms with Crippen LogP contribution >= 0.6 is 0 Å². The summed E-state index contributed by atoms with van der Waals surface area (Å²) in [5.74, 6) is -1.12. The van der Waals surface area contributed by atoms with Gasteiger partial charge in [-0.2, -0.15) is 4.31 Å². The summed E-state index contributed by atoms with van der Waals surface area (Å²) >= 11 is 0. The minimum absolute atomic E-state index is 0.0997. The molecule has 1 saturated heterocycles. The van der Waals surface area contributed by atoms with Gasteiger partial charge in [-0.3, -0.25) is 14.6 Å². The number of hydrogen-bond acceptors (Lipinski definition) is 7. The second-order valence-electron chi connectivity index (χ2n) is 6.82. The Morgan fingerprint density at radius 3 is 2.58 bits per heavy atom. The second kappa shape index (κ2) is 9.86. The van der Waals surface area contributed by atoms with Gasteiger partial charge in [0.25, 0.3) is 0 Å². The summed E-state index contributed by atoms with van der Waals surface area (Å²) in [6.45, 7) is 2.09. The first kappa shape index (κ1) is 22.7. The van der Waals surface area contributed by atoms with Crippen molar-refractivity contribution in [1.82, 2.24) is 19.9 Å². The maximum Gasteiger partial charge on any atom is 0.309 e. The fraction of sp³-hybridized carbons (Fsp3) is 0.350. The number of ether oxygens (including phenoxy) is 2. The van der Waals surface area contributed by atoms with Crippen LogP contribution in [0.3, 0.4) is 0 Å². The Hall–Kier alpha value is -3.02. The molecule has 1 aliphatic rings. The van der Waals surface area contributed by atoms with Gasteiger partial charge in [0.1, 0.15) is 12.0 Å². The van der Waals surface area contributed by atoms with Crippen molar-refractivity contribution in [3.8, 4) is 5.75 Å². The third kappa shape index (κ3) is 5.37. The molecular weight excluding hydrogens is 424 g/mol. The van der Waals surface area contributed by atoms with E-state index in [1.165, 1.54) is 23.5 Å². The molecule has 2 N–H and O–H groups in total. The van der Waals surface area contributed by atoms with Crippen LogP contribution in [0, 0.1) is 6.92 Å². The summed E-state index contributed by atoms with van der Waals surface area (Å²) in [7, 11) is -2.34. The molecule has 1 aliphatic heterocycles. The van der Waals surface area contributed by atoms with Gasteiger partial charge in [0.05, 0.1) is 25.2 Å². The summed E-state index contributed by atoms with van der Waals surface area (Å²) < 4.78 is 37.9. The maximum atomic E-state index is 13.0. The monoisotopic (exact) mass is 448 g/mol. The molecular formula is C20H24N4O6S. The fourth-order valence-electron chi connectivity index (χ4n) is 3.11. The number of aromatic nitrogens is 1. The zero-order valence-electron chi connectivity index (χ0n) is 17.2. The smallest absolute Gasteiger partial charge is 0.309 e. The van der Waals surface area contributed by atoms with Gasteiger partial charge in [0, 0.05) is 25.5 Å². The largest absolute Gasteiger partial charge is 0.496 e. The molecule has 2 heterocycles. The zero-order chi connectivity index (χ0) is 22.4. The van der Waals surface area contributed by atoms with Crippen LogP contribution in [-0.4, -0.2) is 62.6 Å². The lowest BCUT2D eigenvalue weighted by Crippen LogP contribution is -2.47. The molecule has 1 fully saturated rings. The predicted molar refractivity (Wildman–Crippen MR) is 110 cm³/mol. The molecule has 10 nitrogen and oxygen atoms in total. The summed E-state index contributed by atoms with van der Waals surface area (Å²) in [5, 5.41) is 4.92. The van der Waals surface area contributed by atoms with Crippen molar-refractivity contribution in [3.63, 3.8) is 0 Å². The number of carbonyl (C=O) groups excluding carboxylic acids is 2. The molecule has 166 valence electrons. The summed E-state index contributed by atoms with van der Waals surface area (Å²) in [6, 6.07) is 8.00. The van der Waals surface area contributed by atoms with Crippen molar-refractivity contribution in [1.29, 1.82) is 0 Å². The molecule has 31 heavy (non-hydrogen) atoms. The molecule has 0 spiro atoms. The number of carbonyl (C=O) groups is 2. The number of pyridine rings is 1. The van der Waals surface area contributed by atoms with Crippen molar-refractivity contribution in [2.75, 3.05) is 26.8 Å². The molecule has 0 saturated carbocycles. The normalized spacial score (nSPS) is 16.6. The number of nitrogens with one attached hydrogen (secondary N) is 2. The lowest BCUT2D eigenvalue weighted by molar-refractivity contribution is -0.139. The third-order valence-corrected chi connectivity index (χ3v) is 6.65. The summed E-state index contributed by atoms with van der Waals surface area (Å²) in [5.41, 5.74) is 1.47. The number of nitrogens with zero attached hydrogens (tertiary/aromatic N) is 2. The highest BCUT2D eigenvalue weighted by atomic mass is 32.2. The first-order valence-electron chi connectivity index (χ1n) is 9.56. The number of sulfonamides is 1. The quantitative estimate of drug-likeness (QED) is 0.579. The molecule has 0 radical (unpaired) electrons. The number of aryl methyl sites for hydroxylation is 1. The van der Waals surface area contributed by atoms with E-state index in [1.807, 2.05) is 0 Å². The molecule has 0 bridgehead atoms. The van der Waals surface area contributed by atoms with Crippen molar-refractivity contribution >= 4 is 21.8 Å². The van der Waals surface area contributed by atoms with E-state index in [1.54, 1.807) is 37.5 Å². The highest BCUT2D eigenvalue weighted by Gasteiger charge is 2.37. The fourth-order valence-corrected chi connectivity index (χ4v) is 4.71. The van der Waals surface area contributed by atoms with Crippen LogP contribution in [0.5, 0.6) is 5.75 Å². The Bertz CT molecular complexity index is 1040. The lowest BCUT2D eigenvalue weighted by Gasteiger charge is -2.23. The third-order valence-electron chi connectivity index (χ3n) is 4.76. The summed E-state index contributed by atoms with van der Waals surface area (Å²) in [4.78, 5) is 28.1. The molecule has 1 aromatic heterocycles. The molecule has 0 aliphatic carbocycles. The van der Waals surface area contributed by atoms with E-state index in [0.29, 0.717) is 11.3 Å². The van der Waals surface area contributed by atoms with Crippen LogP contribution in [0.25, 0.3) is 0 Å². The van der Waals surface area contributed by atoms with Crippen LogP contribution in [-0.2, 0) is 30.9 Å². The Labute approximate surface area is 180 Å². The van der Waals surface area contributed by atoms with Gasteiger partial charge in [-0.15, -0.1) is 0 Å². The number of benzene rings is 1. The average molecular weight is 449 g/mol. The number of amides is 2. The molecule has 2 amide bonds. The lowest BCUT2D eigenvalue weighted by atomic mass is 10.2. The van der Waals surface area contributed by atoms with Gasteiger partial charge in [0.2, 0.25) is 10.0 Å². The molecule has 3 rings (SSSR count). The number of rotatable bonds is 7. The highest BCUT2D eigenvalue weighted by molar-refractivity contribution is 7.89. The van der Waals surface area contributed by atoms with E-state index >= 15 is 0 Å². The van der Waals surface area contributed by atoms with E-state index in [9.17, 15) is 18.0 Å². The SMILES string of the molecule is COc1ccc(S(=O)(=O)N2CCO[C@@H]2CNC(=O)C(=O)NCc2ccncc2)cc1C. The predicted octanol–water partition coefficient (Wildman–Crippen LogP) is 0.178. The van der Waals surface area contributed by atoms with Crippen molar-refractivity contribution < 1.29 is 27.5 Å². The minimum atomic E-state index is -3.85. The number of methoxy groups -OCH3 is 1. The van der Waals surface area contributed by atoms with E-state index in [2.05, 4.69) is 15.6 Å². The van der Waals surface area contributed by atoms with E-state index in [0.717, 1.165) is 5.56 Å².